The molecule has 0 heterocycles. The average molecular weight is 539 g/mol. The van der Waals surface area contributed by atoms with Crippen LogP contribution in [-0.2, 0) is 9.47 Å². The van der Waals surface area contributed by atoms with Crippen molar-refractivity contribution in [2.24, 2.45) is 0 Å². The fourth-order valence-corrected chi connectivity index (χ4v) is 5.98. The van der Waals surface area contributed by atoms with Gasteiger partial charge in [-0.15, -0.1) is 0 Å². The van der Waals surface area contributed by atoms with Crippen molar-refractivity contribution in [2.45, 2.75) is 220 Å². The highest BCUT2D eigenvalue weighted by Crippen LogP contribution is 2.29. The van der Waals surface area contributed by atoms with Crippen LogP contribution >= 0.6 is 0 Å². The second-order valence-electron chi connectivity index (χ2n) is 12.1. The number of unbranched alkanes of at least 4 members (excludes halogenated alkanes) is 25. The van der Waals surface area contributed by atoms with Crippen LogP contribution in [0.1, 0.15) is 214 Å². The summed E-state index contributed by atoms with van der Waals surface area (Å²) < 4.78 is 12.5. The van der Waals surface area contributed by atoms with Gasteiger partial charge in [0.25, 0.3) is 0 Å². The molecule has 0 bridgehead atoms. The first-order chi connectivity index (χ1) is 18.7. The summed E-state index contributed by atoms with van der Waals surface area (Å²) in [5.41, 5.74) is 0. The average Bonchev–Trinajstić information content (AvgIpc) is 2.92. The molecule has 0 saturated carbocycles. The molecule has 0 atom stereocenters. The minimum atomic E-state index is -0.318. The Morgan fingerprint density at radius 2 is 0.500 bits per heavy atom. The van der Waals surface area contributed by atoms with E-state index < -0.39 is 0 Å². The molecule has 0 fully saturated rings. The third kappa shape index (κ3) is 26.2. The predicted molar refractivity (Wildman–Crippen MR) is 171 cm³/mol. The van der Waals surface area contributed by atoms with E-state index in [-0.39, 0.29) is 5.79 Å². The van der Waals surface area contributed by atoms with Crippen molar-refractivity contribution in [1.82, 2.24) is 0 Å². The zero-order valence-electron chi connectivity index (χ0n) is 27.2. The quantitative estimate of drug-likeness (QED) is 0.0611. The summed E-state index contributed by atoms with van der Waals surface area (Å²) in [5, 5.41) is 0. The molecule has 0 aromatic heterocycles. The summed E-state index contributed by atoms with van der Waals surface area (Å²) in [5.74, 6) is -0.318. The third-order valence-electron chi connectivity index (χ3n) is 8.39. The molecule has 230 valence electrons. The maximum absolute atomic E-state index is 6.23. The van der Waals surface area contributed by atoms with Gasteiger partial charge in [0.05, 0.1) is 0 Å². The van der Waals surface area contributed by atoms with Gasteiger partial charge < -0.3 is 9.47 Å². The van der Waals surface area contributed by atoms with Crippen molar-refractivity contribution in [2.75, 3.05) is 13.2 Å². The van der Waals surface area contributed by atoms with Gasteiger partial charge in [0.2, 0.25) is 0 Å². The van der Waals surface area contributed by atoms with E-state index in [1.54, 1.807) is 0 Å². The highest BCUT2D eigenvalue weighted by molar-refractivity contribution is 4.71. The Bertz CT molecular complexity index is 416. The molecule has 0 spiro atoms. The molecule has 0 aliphatic carbocycles. The van der Waals surface area contributed by atoms with E-state index in [0.29, 0.717) is 0 Å². The van der Waals surface area contributed by atoms with E-state index >= 15 is 0 Å². The molecule has 0 rings (SSSR count). The number of rotatable bonds is 33. The molecule has 0 saturated heterocycles. The Balaban J connectivity index is 3.62. The zero-order valence-corrected chi connectivity index (χ0v) is 27.2. The highest BCUT2D eigenvalue weighted by Gasteiger charge is 2.30. The summed E-state index contributed by atoms with van der Waals surface area (Å²) in [4.78, 5) is 0. The molecule has 0 radical (unpaired) electrons. The molecule has 0 amide bonds. The van der Waals surface area contributed by atoms with Crippen LogP contribution in [0.5, 0.6) is 0 Å². The van der Waals surface area contributed by atoms with Gasteiger partial charge in [-0.3, -0.25) is 0 Å². The molecule has 2 nitrogen and oxygen atoms in total. The Labute approximate surface area is 242 Å². The fourth-order valence-electron chi connectivity index (χ4n) is 5.98. The maximum Gasteiger partial charge on any atom is 0.168 e. The van der Waals surface area contributed by atoms with E-state index in [4.69, 9.17) is 9.47 Å². The third-order valence-corrected chi connectivity index (χ3v) is 8.39. The van der Waals surface area contributed by atoms with Gasteiger partial charge in [-0.1, -0.05) is 174 Å². The minimum Gasteiger partial charge on any atom is -0.350 e. The first-order valence-corrected chi connectivity index (χ1v) is 18.0. The van der Waals surface area contributed by atoms with E-state index in [1.165, 1.54) is 173 Å². The lowest BCUT2D eigenvalue weighted by molar-refractivity contribution is -0.242. The summed E-state index contributed by atoms with van der Waals surface area (Å²) in [6, 6.07) is 0. The molecule has 2 heteroatoms. The van der Waals surface area contributed by atoms with Crippen LogP contribution in [0.2, 0.25) is 0 Å². The van der Waals surface area contributed by atoms with E-state index in [1.807, 2.05) is 0 Å². The van der Waals surface area contributed by atoms with Gasteiger partial charge >= 0.3 is 0 Å². The number of ether oxygens (including phenoxy) is 2. The van der Waals surface area contributed by atoms with Gasteiger partial charge in [-0.25, -0.2) is 0 Å². The summed E-state index contributed by atoms with van der Waals surface area (Å²) in [6.45, 7) is 10.4. The number of hydrogen-bond acceptors (Lipinski definition) is 2. The van der Waals surface area contributed by atoms with E-state index in [2.05, 4.69) is 27.7 Å². The molecule has 0 N–H and O–H groups in total. The number of hydrogen-bond donors (Lipinski definition) is 0. The fraction of sp³-hybridized carbons (Fsp3) is 1.00. The van der Waals surface area contributed by atoms with Crippen molar-refractivity contribution in [3.05, 3.63) is 0 Å². The summed E-state index contributed by atoms with van der Waals surface area (Å²) >= 11 is 0. The summed E-state index contributed by atoms with van der Waals surface area (Å²) in [7, 11) is 0. The zero-order chi connectivity index (χ0) is 27.8. The van der Waals surface area contributed by atoms with Crippen LogP contribution < -0.4 is 0 Å². The smallest absolute Gasteiger partial charge is 0.168 e. The highest BCUT2D eigenvalue weighted by atomic mass is 16.7. The Hall–Kier alpha value is -0.0800. The molecule has 0 aromatic carbocycles. The van der Waals surface area contributed by atoms with Crippen molar-refractivity contribution in [3.63, 3.8) is 0 Å². The molecule has 0 unspecified atom stereocenters. The normalized spacial score (nSPS) is 12.0. The van der Waals surface area contributed by atoms with Crippen LogP contribution in [0.4, 0.5) is 0 Å². The van der Waals surface area contributed by atoms with Crippen molar-refractivity contribution in [3.8, 4) is 0 Å². The van der Waals surface area contributed by atoms with Gasteiger partial charge in [0.15, 0.2) is 5.79 Å². The second kappa shape index (κ2) is 31.4. The standard InChI is InChI=1S/C36H74O2/c1-5-9-11-13-15-16-17-18-19-20-21-22-23-24-25-26-27-29-31-33-35-36(37-7-3,38-8-4)34-32-30-28-14-12-10-6-2/h5-35H2,1-4H3. The van der Waals surface area contributed by atoms with Crippen LogP contribution in [0.3, 0.4) is 0 Å². The molecular weight excluding hydrogens is 464 g/mol. The monoisotopic (exact) mass is 539 g/mol. The Morgan fingerprint density at radius 1 is 0.289 bits per heavy atom. The largest absolute Gasteiger partial charge is 0.350 e. The second-order valence-corrected chi connectivity index (χ2v) is 12.1. The summed E-state index contributed by atoms with van der Waals surface area (Å²) in [6.07, 6.45) is 40.2. The Kier molecular flexibility index (Phi) is 31.4. The molecule has 0 aromatic rings. The van der Waals surface area contributed by atoms with Crippen molar-refractivity contribution < 1.29 is 9.47 Å². The van der Waals surface area contributed by atoms with Gasteiger partial charge in [-0.2, -0.15) is 0 Å². The molecule has 0 aliphatic heterocycles. The van der Waals surface area contributed by atoms with Gasteiger partial charge in [0, 0.05) is 26.1 Å². The van der Waals surface area contributed by atoms with Crippen LogP contribution in [0, 0.1) is 0 Å². The molecular formula is C36H74O2. The molecule has 0 aliphatic rings. The SMILES string of the molecule is CCCCCCCCCCCCCCCCCCCCCCC(CCCCCCCCC)(OCC)OCC. The van der Waals surface area contributed by atoms with Crippen LogP contribution in [0.25, 0.3) is 0 Å². The first-order valence-electron chi connectivity index (χ1n) is 18.0. The predicted octanol–water partition coefficient (Wildman–Crippen LogP) is 13.1. The lowest BCUT2D eigenvalue weighted by Gasteiger charge is -2.33. The minimum absolute atomic E-state index is 0.318. The van der Waals surface area contributed by atoms with Crippen molar-refractivity contribution in [1.29, 1.82) is 0 Å². The molecule has 38 heavy (non-hydrogen) atoms. The van der Waals surface area contributed by atoms with Crippen LogP contribution in [-0.4, -0.2) is 19.0 Å². The van der Waals surface area contributed by atoms with E-state index in [0.717, 1.165) is 26.1 Å². The first kappa shape index (κ1) is 37.9. The maximum atomic E-state index is 6.23. The lowest BCUT2D eigenvalue weighted by atomic mass is 9.98. The van der Waals surface area contributed by atoms with Gasteiger partial charge in [-0.05, 0) is 26.7 Å². The van der Waals surface area contributed by atoms with Crippen LogP contribution in [0.15, 0.2) is 0 Å². The lowest BCUT2D eigenvalue weighted by Crippen LogP contribution is -2.36. The topological polar surface area (TPSA) is 18.5 Å². The Morgan fingerprint density at radius 3 is 0.711 bits per heavy atom. The van der Waals surface area contributed by atoms with Crippen molar-refractivity contribution >= 4 is 0 Å². The van der Waals surface area contributed by atoms with E-state index in [9.17, 15) is 0 Å². The van der Waals surface area contributed by atoms with Gasteiger partial charge in [0.1, 0.15) is 0 Å².